The molecular formula is C23H25N3O3. The van der Waals surface area contributed by atoms with Crippen molar-refractivity contribution in [1.29, 1.82) is 0 Å². The first kappa shape index (κ1) is 19.2. The van der Waals surface area contributed by atoms with Crippen LogP contribution in [0.15, 0.2) is 59.1 Å². The van der Waals surface area contributed by atoms with Crippen molar-refractivity contribution in [2.75, 3.05) is 6.54 Å². The predicted molar refractivity (Wildman–Crippen MR) is 109 cm³/mol. The summed E-state index contributed by atoms with van der Waals surface area (Å²) in [5.41, 5.74) is 1.98. The van der Waals surface area contributed by atoms with Gasteiger partial charge >= 0.3 is 0 Å². The molecule has 0 aliphatic carbocycles. The van der Waals surface area contributed by atoms with Gasteiger partial charge in [-0.05, 0) is 50.6 Å². The maximum absolute atomic E-state index is 12.6. The SMILES string of the molecule is CC(C)Oc1ccc(-c2noc(C3CC(=O)N(C(C)c4ccccc4)C3)n2)cc1. The van der Waals surface area contributed by atoms with Crippen LogP contribution in [0.1, 0.15) is 50.6 Å². The van der Waals surface area contributed by atoms with E-state index in [2.05, 4.69) is 17.1 Å². The third-order valence-corrected chi connectivity index (χ3v) is 5.18. The Bertz CT molecular complexity index is 967. The van der Waals surface area contributed by atoms with Crippen LogP contribution in [0.2, 0.25) is 0 Å². The molecular weight excluding hydrogens is 366 g/mol. The van der Waals surface area contributed by atoms with Crippen LogP contribution < -0.4 is 4.74 Å². The minimum absolute atomic E-state index is 0.0181. The van der Waals surface area contributed by atoms with Gasteiger partial charge in [-0.1, -0.05) is 35.5 Å². The van der Waals surface area contributed by atoms with Crippen molar-refractivity contribution >= 4 is 5.91 Å². The number of aromatic nitrogens is 2. The highest BCUT2D eigenvalue weighted by atomic mass is 16.5. The highest BCUT2D eigenvalue weighted by molar-refractivity contribution is 5.80. The van der Waals surface area contributed by atoms with Gasteiger partial charge in [0.15, 0.2) is 0 Å². The monoisotopic (exact) mass is 391 g/mol. The minimum Gasteiger partial charge on any atom is -0.491 e. The standard InChI is InChI=1S/C23H25N3O3/c1-15(2)28-20-11-9-18(10-12-20)22-24-23(29-25-22)19-13-21(27)26(14-19)16(3)17-7-5-4-6-8-17/h4-12,15-16,19H,13-14H2,1-3H3. The largest absolute Gasteiger partial charge is 0.491 e. The average Bonchev–Trinajstić information content (AvgIpc) is 3.35. The fourth-order valence-electron chi connectivity index (χ4n) is 3.66. The molecule has 1 aliphatic rings. The molecule has 1 saturated heterocycles. The Morgan fingerprint density at radius 2 is 1.79 bits per heavy atom. The number of carbonyl (C=O) groups is 1. The Kier molecular flexibility index (Phi) is 5.34. The van der Waals surface area contributed by atoms with Crippen LogP contribution in [-0.2, 0) is 4.79 Å². The highest BCUT2D eigenvalue weighted by Crippen LogP contribution is 2.34. The number of amides is 1. The molecule has 1 aromatic heterocycles. The van der Waals surface area contributed by atoms with E-state index in [1.165, 1.54) is 0 Å². The maximum atomic E-state index is 12.6. The molecule has 0 bridgehead atoms. The van der Waals surface area contributed by atoms with E-state index < -0.39 is 0 Å². The Morgan fingerprint density at radius 3 is 2.48 bits per heavy atom. The molecule has 1 fully saturated rings. The van der Waals surface area contributed by atoms with Gasteiger partial charge in [0.2, 0.25) is 17.6 Å². The van der Waals surface area contributed by atoms with Crippen molar-refractivity contribution < 1.29 is 14.1 Å². The van der Waals surface area contributed by atoms with Crippen LogP contribution >= 0.6 is 0 Å². The summed E-state index contributed by atoms with van der Waals surface area (Å²) >= 11 is 0. The summed E-state index contributed by atoms with van der Waals surface area (Å²) in [6, 6.07) is 17.7. The van der Waals surface area contributed by atoms with Crippen molar-refractivity contribution in [2.24, 2.45) is 0 Å². The summed E-state index contributed by atoms with van der Waals surface area (Å²) in [7, 11) is 0. The average molecular weight is 391 g/mol. The van der Waals surface area contributed by atoms with E-state index in [1.54, 1.807) is 0 Å². The van der Waals surface area contributed by atoms with E-state index in [-0.39, 0.29) is 24.0 Å². The van der Waals surface area contributed by atoms with Gasteiger partial charge in [-0.15, -0.1) is 0 Å². The summed E-state index contributed by atoms with van der Waals surface area (Å²) in [5.74, 6) is 1.87. The van der Waals surface area contributed by atoms with E-state index in [0.29, 0.717) is 24.7 Å². The molecule has 2 unspecified atom stereocenters. The van der Waals surface area contributed by atoms with E-state index in [1.807, 2.05) is 73.3 Å². The topological polar surface area (TPSA) is 68.5 Å². The molecule has 150 valence electrons. The molecule has 1 aliphatic heterocycles. The van der Waals surface area contributed by atoms with E-state index in [9.17, 15) is 4.79 Å². The van der Waals surface area contributed by atoms with E-state index >= 15 is 0 Å². The molecule has 6 heteroatoms. The van der Waals surface area contributed by atoms with Crippen molar-refractivity contribution in [3.63, 3.8) is 0 Å². The predicted octanol–water partition coefficient (Wildman–Crippen LogP) is 4.60. The third-order valence-electron chi connectivity index (χ3n) is 5.18. The van der Waals surface area contributed by atoms with Crippen LogP contribution in [0, 0.1) is 0 Å². The van der Waals surface area contributed by atoms with Gasteiger partial charge in [0, 0.05) is 18.5 Å². The maximum Gasteiger partial charge on any atom is 0.232 e. The fourth-order valence-corrected chi connectivity index (χ4v) is 3.66. The Balaban J connectivity index is 1.46. The van der Waals surface area contributed by atoms with Crippen LogP contribution in [0.25, 0.3) is 11.4 Å². The summed E-state index contributed by atoms with van der Waals surface area (Å²) in [6.07, 6.45) is 0.513. The smallest absolute Gasteiger partial charge is 0.232 e. The summed E-state index contributed by atoms with van der Waals surface area (Å²) < 4.78 is 11.2. The van der Waals surface area contributed by atoms with Crippen molar-refractivity contribution in [3.8, 4) is 17.1 Å². The Morgan fingerprint density at radius 1 is 1.07 bits per heavy atom. The molecule has 0 N–H and O–H groups in total. The molecule has 0 saturated carbocycles. The zero-order valence-corrected chi connectivity index (χ0v) is 16.9. The summed E-state index contributed by atoms with van der Waals surface area (Å²) in [6.45, 7) is 6.61. The number of nitrogens with zero attached hydrogens (tertiary/aromatic N) is 3. The van der Waals surface area contributed by atoms with Crippen molar-refractivity contribution in [3.05, 3.63) is 66.1 Å². The summed E-state index contributed by atoms with van der Waals surface area (Å²) in [5, 5.41) is 4.12. The molecule has 1 amide bonds. The lowest BCUT2D eigenvalue weighted by Gasteiger charge is -2.24. The van der Waals surface area contributed by atoms with Crippen LogP contribution in [0.4, 0.5) is 0 Å². The molecule has 6 nitrogen and oxygen atoms in total. The first-order chi connectivity index (χ1) is 14.0. The quantitative estimate of drug-likeness (QED) is 0.614. The molecule has 4 rings (SSSR count). The lowest BCUT2D eigenvalue weighted by atomic mass is 10.1. The number of hydrogen-bond acceptors (Lipinski definition) is 5. The third kappa shape index (κ3) is 4.16. The van der Waals surface area contributed by atoms with Gasteiger partial charge < -0.3 is 14.2 Å². The van der Waals surface area contributed by atoms with Gasteiger partial charge in [-0.2, -0.15) is 4.98 Å². The van der Waals surface area contributed by atoms with Crippen molar-refractivity contribution in [2.45, 2.75) is 45.3 Å². The van der Waals surface area contributed by atoms with Gasteiger partial charge in [0.1, 0.15) is 5.75 Å². The fraction of sp³-hybridized carbons (Fsp3) is 0.348. The van der Waals surface area contributed by atoms with Crippen LogP contribution in [0.5, 0.6) is 5.75 Å². The lowest BCUT2D eigenvalue weighted by Crippen LogP contribution is -2.28. The Labute approximate surface area is 170 Å². The molecule has 2 atom stereocenters. The number of ether oxygens (including phenoxy) is 1. The highest BCUT2D eigenvalue weighted by Gasteiger charge is 2.37. The van der Waals surface area contributed by atoms with Crippen LogP contribution in [-0.4, -0.2) is 33.6 Å². The second-order valence-electron chi connectivity index (χ2n) is 7.68. The zero-order valence-electron chi connectivity index (χ0n) is 16.9. The number of likely N-dealkylation sites (tertiary alicyclic amines) is 1. The summed E-state index contributed by atoms with van der Waals surface area (Å²) in [4.78, 5) is 19.0. The lowest BCUT2D eigenvalue weighted by molar-refractivity contribution is -0.129. The normalized spacial score (nSPS) is 17.7. The number of carbonyl (C=O) groups excluding carboxylic acids is 1. The first-order valence-corrected chi connectivity index (χ1v) is 9.96. The molecule has 3 aromatic rings. The van der Waals surface area contributed by atoms with Gasteiger partial charge in [0.25, 0.3) is 0 Å². The van der Waals surface area contributed by atoms with Crippen molar-refractivity contribution in [1.82, 2.24) is 15.0 Å². The van der Waals surface area contributed by atoms with Gasteiger partial charge in [-0.3, -0.25) is 4.79 Å². The molecule has 0 radical (unpaired) electrons. The number of rotatable bonds is 6. The minimum atomic E-state index is -0.0848. The van der Waals surface area contributed by atoms with Gasteiger partial charge in [-0.25, -0.2) is 0 Å². The zero-order chi connectivity index (χ0) is 20.4. The number of hydrogen-bond donors (Lipinski definition) is 0. The molecule has 2 aromatic carbocycles. The van der Waals surface area contributed by atoms with E-state index in [4.69, 9.17) is 9.26 Å². The van der Waals surface area contributed by atoms with E-state index in [0.717, 1.165) is 16.9 Å². The Hall–Kier alpha value is -3.15. The van der Waals surface area contributed by atoms with Crippen LogP contribution in [0.3, 0.4) is 0 Å². The second-order valence-corrected chi connectivity index (χ2v) is 7.68. The molecule has 2 heterocycles. The second kappa shape index (κ2) is 8.07. The first-order valence-electron chi connectivity index (χ1n) is 9.96. The van der Waals surface area contributed by atoms with Gasteiger partial charge in [0.05, 0.1) is 18.1 Å². The molecule has 29 heavy (non-hydrogen) atoms. The number of benzene rings is 2. The molecule has 0 spiro atoms.